The third-order valence-corrected chi connectivity index (χ3v) is 3.57. The van der Waals surface area contributed by atoms with E-state index >= 15 is 0 Å². The van der Waals surface area contributed by atoms with Crippen molar-refractivity contribution in [2.75, 3.05) is 5.32 Å². The summed E-state index contributed by atoms with van der Waals surface area (Å²) in [5, 5.41) is 7.38. The number of aromatic nitrogens is 2. The van der Waals surface area contributed by atoms with Crippen molar-refractivity contribution in [2.24, 2.45) is 7.05 Å². The molecule has 0 radical (unpaired) electrons. The molecule has 0 aliphatic heterocycles. The fourth-order valence-corrected chi connectivity index (χ4v) is 2.62. The predicted molar refractivity (Wildman–Crippen MR) is 78.7 cm³/mol. The van der Waals surface area contributed by atoms with E-state index in [1.165, 1.54) is 6.07 Å². The monoisotopic (exact) mass is 343 g/mol. The second-order valence-corrected chi connectivity index (χ2v) is 5.82. The summed E-state index contributed by atoms with van der Waals surface area (Å²) in [7, 11) is 1.85. The summed E-state index contributed by atoms with van der Waals surface area (Å²) < 4.78 is 28.9. The molecule has 3 nitrogen and oxygen atoms in total. The Morgan fingerprint density at radius 2 is 2.05 bits per heavy atom. The Balaban J connectivity index is 2.21. The third kappa shape index (κ3) is 3.17. The van der Waals surface area contributed by atoms with Crippen LogP contribution in [0.3, 0.4) is 0 Å². The van der Waals surface area contributed by atoms with Crippen LogP contribution in [-0.4, -0.2) is 9.78 Å². The molecule has 0 unspecified atom stereocenters. The van der Waals surface area contributed by atoms with Gasteiger partial charge in [-0.3, -0.25) is 4.68 Å². The Bertz CT molecular complexity index is 600. The topological polar surface area (TPSA) is 29.9 Å². The maximum absolute atomic E-state index is 13.7. The average Bonchev–Trinajstić information content (AvgIpc) is 2.69. The first kappa shape index (κ1) is 15.0. The van der Waals surface area contributed by atoms with Gasteiger partial charge < -0.3 is 5.32 Å². The lowest BCUT2D eigenvalue weighted by Crippen LogP contribution is -2.05. The van der Waals surface area contributed by atoms with Crippen molar-refractivity contribution in [3.63, 3.8) is 0 Å². The molecule has 108 valence electrons. The highest BCUT2D eigenvalue weighted by molar-refractivity contribution is 9.10. The number of nitrogens with one attached hydrogen (secondary N) is 1. The Morgan fingerprint density at radius 1 is 1.35 bits per heavy atom. The van der Waals surface area contributed by atoms with Crippen LogP contribution in [0.1, 0.15) is 31.0 Å². The van der Waals surface area contributed by atoms with Gasteiger partial charge in [-0.2, -0.15) is 5.10 Å². The highest BCUT2D eigenvalue weighted by Gasteiger charge is 2.13. The number of aryl methyl sites for hydroxylation is 1. The fourth-order valence-electron chi connectivity index (χ4n) is 2.07. The Kier molecular flexibility index (Phi) is 4.42. The molecule has 1 aromatic heterocycles. The second-order valence-electron chi connectivity index (χ2n) is 4.97. The van der Waals surface area contributed by atoms with E-state index < -0.39 is 11.6 Å². The summed E-state index contributed by atoms with van der Waals surface area (Å²) >= 11 is 3.16. The molecule has 0 aliphatic rings. The lowest BCUT2D eigenvalue weighted by molar-refractivity contribution is 0.583. The summed E-state index contributed by atoms with van der Waals surface area (Å²) in [6, 6.07) is 2.09. The van der Waals surface area contributed by atoms with E-state index in [2.05, 4.69) is 40.2 Å². The zero-order chi connectivity index (χ0) is 14.9. The van der Waals surface area contributed by atoms with Gasteiger partial charge in [-0.05, 0) is 27.9 Å². The first-order valence-corrected chi connectivity index (χ1v) is 7.08. The van der Waals surface area contributed by atoms with Gasteiger partial charge >= 0.3 is 0 Å². The summed E-state index contributed by atoms with van der Waals surface area (Å²) in [4.78, 5) is 0. The molecule has 2 aromatic rings. The first-order chi connectivity index (χ1) is 9.38. The largest absolute Gasteiger partial charge is 0.378 e. The summed E-state index contributed by atoms with van der Waals surface area (Å²) in [6.45, 7) is 4.54. The lowest BCUT2D eigenvalue weighted by Gasteiger charge is -2.11. The molecular weight excluding hydrogens is 328 g/mol. The van der Waals surface area contributed by atoms with E-state index in [-0.39, 0.29) is 11.6 Å². The van der Waals surface area contributed by atoms with Crippen LogP contribution in [0.25, 0.3) is 0 Å². The minimum absolute atomic E-state index is 0.255. The Morgan fingerprint density at radius 3 is 2.65 bits per heavy atom. The zero-order valence-electron chi connectivity index (χ0n) is 11.5. The van der Waals surface area contributed by atoms with Gasteiger partial charge in [0, 0.05) is 35.9 Å². The van der Waals surface area contributed by atoms with Gasteiger partial charge in [0.25, 0.3) is 0 Å². The van der Waals surface area contributed by atoms with Crippen molar-refractivity contribution in [1.29, 1.82) is 0 Å². The minimum Gasteiger partial charge on any atom is -0.378 e. The van der Waals surface area contributed by atoms with Crippen molar-refractivity contribution < 1.29 is 8.78 Å². The minimum atomic E-state index is -0.619. The molecule has 0 aliphatic carbocycles. The van der Waals surface area contributed by atoms with Gasteiger partial charge in [-0.1, -0.05) is 13.8 Å². The Labute approximate surface area is 125 Å². The van der Waals surface area contributed by atoms with Gasteiger partial charge in [0.15, 0.2) is 0 Å². The number of anilines is 1. The number of hydrogen-bond donors (Lipinski definition) is 1. The maximum Gasteiger partial charge on any atom is 0.150 e. The summed E-state index contributed by atoms with van der Waals surface area (Å²) in [5.74, 6) is -0.939. The number of benzene rings is 1. The van der Waals surface area contributed by atoms with Gasteiger partial charge in [0.2, 0.25) is 0 Å². The van der Waals surface area contributed by atoms with Gasteiger partial charge in [0.1, 0.15) is 11.6 Å². The molecule has 0 atom stereocenters. The van der Waals surface area contributed by atoms with Crippen LogP contribution < -0.4 is 5.32 Å². The first-order valence-electron chi connectivity index (χ1n) is 6.29. The normalized spacial score (nSPS) is 11.2. The zero-order valence-corrected chi connectivity index (χ0v) is 13.1. The maximum atomic E-state index is 13.7. The van der Waals surface area contributed by atoms with E-state index in [0.29, 0.717) is 11.0 Å². The molecule has 0 bridgehead atoms. The lowest BCUT2D eigenvalue weighted by atomic mass is 10.1. The molecular formula is C14H16BrF2N3. The molecule has 2 rings (SSSR count). The molecule has 6 heteroatoms. The van der Waals surface area contributed by atoms with Crippen molar-refractivity contribution in [3.8, 4) is 0 Å². The standard InChI is InChI=1S/C14H16BrF2N3/c1-8(2)13-9(7-20(3)19-13)6-18-14-11(15)4-10(16)5-12(14)17/h4-5,7-8,18H,6H2,1-3H3. The molecule has 0 saturated heterocycles. The predicted octanol–water partition coefficient (Wildman–Crippen LogP) is 4.20. The van der Waals surface area contributed by atoms with Crippen LogP contribution >= 0.6 is 15.9 Å². The van der Waals surface area contributed by atoms with Crippen LogP contribution in [-0.2, 0) is 13.6 Å². The molecule has 1 heterocycles. The molecule has 0 fully saturated rings. The van der Waals surface area contributed by atoms with Gasteiger partial charge in [-0.15, -0.1) is 0 Å². The van der Waals surface area contributed by atoms with E-state index in [4.69, 9.17) is 0 Å². The highest BCUT2D eigenvalue weighted by atomic mass is 79.9. The highest BCUT2D eigenvalue weighted by Crippen LogP contribution is 2.28. The van der Waals surface area contributed by atoms with Crippen LogP contribution in [0.5, 0.6) is 0 Å². The second kappa shape index (κ2) is 5.91. The summed E-state index contributed by atoms with van der Waals surface area (Å²) in [6.07, 6.45) is 1.90. The molecule has 1 N–H and O–H groups in total. The van der Waals surface area contributed by atoms with Gasteiger partial charge in [0.05, 0.1) is 11.4 Å². The van der Waals surface area contributed by atoms with Gasteiger partial charge in [-0.25, -0.2) is 8.78 Å². The van der Waals surface area contributed by atoms with E-state index in [0.717, 1.165) is 17.3 Å². The quantitative estimate of drug-likeness (QED) is 0.901. The van der Waals surface area contributed by atoms with Crippen molar-refractivity contribution in [3.05, 3.63) is 45.7 Å². The van der Waals surface area contributed by atoms with Crippen molar-refractivity contribution in [2.45, 2.75) is 26.3 Å². The Hall–Kier alpha value is -1.43. The van der Waals surface area contributed by atoms with E-state index in [1.54, 1.807) is 4.68 Å². The number of nitrogens with zero attached hydrogens (tertiary/aromatic N) is 2. The molecule has 0 spiro atoms. The number of hydrogen-bond acceptors (Lipinski definition) is 2. The fraction of sp³-hybridized carbons (Fsp3) is 0.357. The smallest absolute Gasteiger partial charge is 0.150 e. The molecule has 1 aromatic carbocycles. The van der Waals surface area contributed by atoms with E-state index in [1.807, 2.05) is 13.2 Å². The third-order valence-electron chi connectivity index (χ3n) is 2.95. The average molecular weight is 344 g/mol. The van der Waals surface area contributed by atoms with Crippen LogP contribution in [0, 0.1) is 11.6 Å². The van der Waals surface area contributed by atoms with Crippen molar-refractivity contribution >= 4 is 21.6 Å². The number of rotatable bonds is 4. The van der Waals surface area contributed by atoms with Crippen LogP contribution in [0.4, 0.5) is 14.5 Å². The molecule has 20 heavy (non-hydrogen) atoms. The molecule has 0 saturated carbocycles. The van der Waals surface area contributed by atoms with Crippen LogP contribution in [0.2, 0.25) is 0 Å². The summed E-state index contributed by atoms with van der Waals surface area (Å²) in [5.41, 5.74) is 2.22. The molecule has 0 amide bonds. The SMILES string of the molecule is CC(C)c1nn(C)cc1CNc1c(F)cc(F)cc1Br. The van der Waals surface area contributed by atoms with Crippen molar-refractivity contribution in [1.82, 2.24) is 9.78 Å². The van der Waals surface area contributed by atoms with E-state index in [9.17, 15) is 8.78 Å². The van der Waals surface area contributed by atoms with Crippen LogP contribution in [0.15, 0.2) is 22.8 Å². The number of halogens is 3.